The highest BCUT2D eigenvalue weighted by Crippen LogP contribution is 2.01. The number of hydrogen-bond donors (Lipinski definition) is 4. The van der Waals surface area contributed by atoms with E-state index in [1.165, 1.54) is 0 Å². The lowest BCUT2D eigenvalue weighted by atomic mass is 10.1. The number of aliphatic carboxylic acids is 1. The molecule has 2 amide bonds. The summed E-state index contributed by atoms with van der Waals surface area (Å²) in [5.74, 6) is -1.01. The van der Waals surface area contributed by atoms with Crippen molar-refractivity contribution in [3.63, 3.8) is 0 Å². The van der Waals surface area contributed by atoms with E-state index in [2.05, 4.69) is 10.6 Å². The average molecular weight is 259 g/mol. The highest BCUT2D eigenvalue weighted by atomic mass is 16.4. The second-order valence-electron chi connectivity index (χ2n) is 4.48. The third kappa shape index (κ3) is 7.89. The van der Waals surface area contributed by atoms with Gasteiger partial charge in [-0.3, -0.25) is 0 Å². The molecule has 0 saturated heterocycles. The number of carboxylic acid groups (broad SMARTS) is 1. The number of nitrogens with two attached hydrogens (primary N) is 1. The van der Waals surface area contributed by atoms with Crippen molar-refractivity contribution in [2.45, 2.75) is 58.0 Å². The van der Waals surface area contributed by atoms with E-state index in [0.29, 0.717) is 19.4 Å². The van der Waals surface area contributed by atoms with Crippen LogP contribution in [0.2, 0.25) is 0 Å². The van der Waals surface area contributed by atoms with Crippen LogP contribution in [0.5, 0.6) is 0 Å². The number of rotatable bonds is 9. The highest BCUT2D eigenvalue weighted by Gasteiger charge is 2.19. The van der Waals surface area contributed by atoms with Crippen molar-refractivity contribution >= 4 is 12.0 Å². The molecule has 0 aromatic carbocycles. The quantitative estimate of drug-likeness (QED) is 0.465. The molecule has 6 nitrogen and oxygen atoms in total. The SMILES string of the molecule is CCC[C@H](C)NC(=O)N[C@@H](CCCCN)C(=O)O. The Labute approximate surface area is 108 Å². The number of nitrogens with one attached hydrogen (secondary N) is 2. The molecule has 0 bridgehead atoms. The van der Waals surface area contributed by atoms with Crippen LogP contribution >= 0.6 is 0 Å². The first kappa shape index (κ1) is 16.7. The van der Waals surface area contributed by atoms with Crippen molar-refractivity contribution in [2.75, 3.05) is 6.54 Å². The van der Waals surface area contributed by atoms with Gasteiger partial charge >= 0.3 is 12.0 Å². The second kappa shape index (κ2) is 9.70. The lowest BCUT2D eigenvalue weighted by Crippen LogP contribution is -2.48. The molecule has 0 saturated carbocycles. The predicted molar refractivity (Wildman–Crippen MR) is 70.4 cm³/mol. The Hall–Kier alpha value is -1.30. The molecular weight excluding hydrogens is 234 g/mol. The normalized spacial score (nSPS) is 13.7. The number of hydrogen-bond acceptors (Lipinski definition) is 3. The van der Waals surface area contributed by atoms with Crippen LogP contribution in [0.1, 0.15) is 46.0 Å². The summed E-state index contributed by atoms with van der Waals surface area (Å²) in [7, 11) is 0. The van der Waals surface area contributed by atoms with Gasteiger partial charge in [0.2, 0.25) is 0 Å². The van der Waals surface area contributed by atoms with Crippen LogP contribution in [0.15, 0.2) is 0 Å². The van der Waals surface area contributed by atoms with Crippen molar-refractivity contribution < 1.29 is 14.7 Å². The topological polar surface area (TPSA) is 104 Å². The van der Waals surface area contributed by atoms with Crippen LogP contribution < -0.4 is 16.4 Å². The van der Waals surface area contributed by atoms with Gasteiger partial charge in [0.05, 0.1) is 0 Å². The van der Waals surface area contributed by atoms with Crippen LogP contribution in [-0.4, -0.2) is 35.7 Å². The molecule has 0 fully saturated rings. The summed E-state index contributed by atoms with van der Waals surface area (Å²) >= 11 is 0. The molecule has 0 unspecified atom stereocenters. The lowest BCUT2D eigenvalue weighted by molar-refractivity contribution is -0.139. The summed E-state index contributed by atoms with van der Waals surface area (Å²) in [4.78, 5) is 22.5. The molecule has 0 spiro atoms. The maximum Gasteiger partial charge on any atom is 0.326 e. The third-order valence-electron chi connectivity index (χ3n) is 2.65. The van der Waals surface area contributed by atoms with Gasteiger partial charge < -0.3 is 21.5 Å². The molecule has 6 heteroatoms. The number of urea groups is 1. The number of carbonyl (C=O) groups is 2. The molecule has 0 aromatic heterocycles. The van der Waals surface area contributed by atoms with Crippen molar-refractivity contribution in [3.8, 4) is 0 Å². The standard InChI is InChI=1S/C12H25N3O3/c1-3-6-9(2)14-12(18)15-10(11(16)17)7-4-5-8-13/h9-10H,3-8,13H2,1-2H3,(H,16,17)(H2,14,15,18)/t9-,10-/m0/s1. The molecule has 18 heavy (non-hydrogen) atoms. The summed E-state index contributed by atoms with van der Waals surface area (Å²) in [5.41, 5.74) is 5.34. The van der Waals surface area contributed by atoms with Gasteiger partial charge in [0.15, 0.2) is 0 Å². The Morgan fingerprint density at radius 3 is 2.39 bits per heavy atom. The summed E-state index contributed by atoms with van der Waals surface area (Å²) in [6.07, 6.45) is 3.71. The zero-order valence-corrected chi connectivity index (χ0v) is 11.2. The second-order valence-corrected chi connectivity index (χ2v) is 4.48. The Kier molecular flexibility index (Phi) is 9.00. The fourth-order valence-corrected chi connectivity index (χ4v) is 1.68. The summed E-state index contributed by atoms with van der Waals surface area (Å²) in [6.45, 7) is 4.46. The van der Waals surface area contributed by atoms with E-state index in [9.17, 15) is 9.59 Å². The molecule has 0 heterocycles. The zero-order valence-electron chi connectivity index (χ0n) is 11.2. The van der Waals surface area contributed by atoms with Crippen LogP contribution in [0.3, 0.4) is 0 Å². The van der Waals surface area contributed by atoms with Crippen molar-refractivity contribution in [1.82, 2.24) is 10.6 Å². The fraction of sp³-hybridized carbons (Fsp3) is 0.833. The van der Waals surface area contributed by atoms with Crippen molar-refractivity contribution in [3.05, 3.63) is 0 Å². The van der Waals surface area contributed by atoms with E-state index in [-0.39, 0.29) is 6.04 Å². The Bertz CT molecular complexity index is 259. The summed E-state index contributed by atoms with van der Waals surface area (Å²) < 4.78 is 0. The predicted octanol–water partition coefficient (Wildman–Crippen LogP) is 1.06. The van der Waals surface area contributed by atoms with Crippen LogP contribution in [-0.2, 0) is 4.79 Å². The minimum Gasteiger partial charge on any atom is -0.480 e. The Balaban J connectivity index is 4.07. The zero-order chi connectivity index (χ0) is 14.0. The first-order valence-electron chi connectivity index (χ1n) is 6.51. The minimum atomic E-state index is -1.01. The first-order chi connectivity index (χ1) is 8.51. The van der Waals surface area contributed by atoms with Gasteiger partial charge in [-0.2, -0.15) is 0 Å². The largest absolute Gasteiger partial charge is 0.480 e. The van der Waals surface area contributed by atoms with Gasteiger partial charge in [0.1, 0.15) is 6.04 Å². The maximum atomic E-state index is 11.6. The molecule has 0 aliphatic carbocycles. The smallest absolute Gasteiger partial charge is 0.326 e. The molecule has 106 valence electrons. The monoisotopic (exact) mass is 259 g/mol. The van der Waals surface area contributed by atoms with Crippen molar-refractivity contribution in [1.29, 1.82) is 0 Å². The Morgan fingerprint density at radius 2 is 1.89 bits per heavy atom. The van der Waals surface area contributed by atoms with E-state index in [4.69, 9.17) is 10.8 Å². The molecule has 0 radical (unpaired) electrons. The fourth-order valence-electron chi connectivity index (χ4n) is 1.68. The molecule has 0 rings (SSSR count). The van der Waals surface area contributed by atoms with Crippen LogP contribution in [0.4, 0.5) is 4.79 Å². The van der Waals surface area contributed by atoms with Crippen LogP contribution in [0.25, 0.3) is 0 Å². The van der Waals surface area contributed by atoms with Gasteiger partial charge in [-0.05, 0) is 39.2 Å². The van der Waals surface area contributed by atoms with Gasteiger partial charge in [-0.15, -0.1) is 0 Å². The summed E-state index contributed by atoms with van der Waals surface area (Å²) in [5, 5.41) is 14.2. The average Bonchev–Trinajstić information content (AvgIpc) is 2.27. The van der Waals surface area contributed by atoms with E-state index in [1.807, 2.05) is 13.8 Å². The molecule has 0 aromatic rings. The highest BCUT2D eigenvalue weighted by molar-refractivity contribution is 5.82. The molecule has 5 N–H and O–H groups in total. The van der Waals surface area contributed by atoms with Gasteiger partial charge in [-0.1, -0.05) is 13.3 Å². The van der Waals surface area contributed by atoms with E-state index in [0.717, 1.165) is 19.3 Å². The molecule has 0 aliphatic heterocycles. The van der Waals surface area contributed by atoms with E-state index >= 15 is 0 Å². The molecular formula is C12H25N3O3. The van der Waals surface area contributed by atoms with Crippen molar-refractivity contribution in [2.24, 2.45) is 5.73 Å². The van der Waals surface area contributed by atoms with E-state index < -0.39 is 18.0 Å². The number of amides is 2. The molecule has 2 atom stereocenters. The number of carboxylic acids is 1. The third-order valence-corrected chi connectivity index (χ3v) is 2.65. The minimum absolute atomic E-state index is 0.0495. The van der Waals surface area contributed by atoms with Gasteiger partial charge in [-0.25, -0.2) is 9.59 Å². The number of carbonyl (C=O) groups excluding carboxylic acids is 1. The maximum absolute atomic E-state index is 11.6. The van der Waals surface area contributed by atoms with Gasteiger partial charge in [0.25, 0.3) is 0 Å². The lowest BCUT2D eigenvalue weighted by Gasteiger charge is -2.18. The Morgan fingerprint density at radius 1 is 1.22 bits per heavy atom. The number of unbranched alkanes of at least 4 members (excludes halogenated alkanes) is 1. The first-order valence-corrected chi connectivity index (χ1v) is 6.51. The van der Waals surface area contributed by atoms with Gasteiger partial charge in [0, 0.05) is 6.04 Å². The summed E-state index contributed by atoms with van der Waals surface area (Å²) in [6, 6.07) is -1.21. The van der Waals surface area contributed by atoms with E-state index in [1.54, 1.807) is 0 Å². The molecule has 0 aliphatic rings. The van der Waals surface area contributed by atoms with Crippen LogP contribution in [0, 0.1) is 0 Å².